The lowest BCUT2D eigenvalue weighted by atomic mass is 9.88. The van der Waals surface area contributed by atoms with E-state index in [1.54, 1.807) is 12.1 Å². The first kappa shape index (κ1) is 34.1. The summed E-state index contributed by atoms with van der Waals surface area (Å²) in [6, 6.07) is 4.74. The second kappa shape index (κ2) is 18.4. The third-order valence-corrected chi connectivity index (χ3v) is 6.27. The molecule has 1 aromatic carbocycles. The van der Waals surface area contributed by atoms with Crippen molar-refractivity contribution in [1.82, 2.24) is 0 Å². The smallest absolute Gasteiger partial charge is 0.326 e. The van der Waals surface area contributed by atoms with Crippen LogP contribution >= 0.6 is 0 Å². The molecule has 2 N–H and O–H groups in total. The molecule has 0 saturated carbocycles. The van der Waals surface area contributed by atoms with Crippen molar-refractivity contribution in [1.29, 1.82) is 0 Å². The SMILES string of the molecule is CCCCCC(=O)Oc1ccc(C[C@](N)(CCOC(=O)CCC(C)C)C(=O)OC)cc1OC(=O)CCCCC. The highest BCUT2D eigenvalue weighted by atomic mass is 16.6. The summed E-state index contributed by atoms with van der Waals surface area (Å²) in [5.41, 5.74) is 5.53. The van der Waals surface area contributed by atoms with E-state index in [9.17, 15) is 19.2 Å². The van der Waals surface area contributed by atoms with Gasteiger partial charge in [0.1, 0.15) is 5.54 Å². The van der Waals surface area contributed by atoms with E-state index in [4.69, 9.17) is 24.7 Å². The summed E-state index contributed by atoms with van der Waals surface area (Å²) in [7, 11) is 1.24. The maximum atomic E-state index is 12.6. The van der Waals surface area contributed by atoms with Crippen LogP contribution in [0.1, 0.15) is 104 Å². The zero-order chi connectivity index (χ0) is 29.3. The molecule has 0 aromatic heterocycles. The lowest BCUT2D eigenvalue weighted by molar-refractivity contribution is -0.151. The number of carbonyl (C=O) groups is 4. The summed E-state index contributed by atoms with van der Waals surface area (Å²) < 4.78 is 21.3. The number of carbonyl (C=O) groups excluding carboxylic acids is 4. The predicted molar refractivity (Wildman–Crippen MR) is 148 cm³/mol. The van der Waals surface area contributed by atoms with Crippen molar-refractivity contribution in [3.63, 3.8) is 0 Å². The Morgan fingerprint density at radius 3 is 1.97 bits per heavy atom. The molecule has 0 fully saturated rings. The minimum Gasteiger partial charge on any atom is -0.468 e. The molecule has 9 nitrogen and oxygen atoms in total. The average Bonchev–Trinajstić information content (AvgIpc) is 2.88. The molecule has 0 aliphatic carbocycles. The number of esters is 4. The summed E-state index contributed by atoms with van der Waals surface area (Å²) in [5, 5.41) is 0. The molecule has 1 atom stereocenters. The summed E-state index contributed by atoms with van der Waals surface area (Å²) in [4.78, 5) is 49.5. The number of hydrogen-bond acceptors (Lipinski definition) is 9. The molecular weight excluding hydrogens is 502 g/mol. The van der Waals surface area contributed by atoms with Crippen LogP contribution in [-0.2, 0) is 35.1 Å². The second-order valence-corrected chi connectivity index (χ2v) is 10.4. The molecular formula is C30H47NO8. The number of ether oxygens (including phenoxy) is 4. The Hall–Kier alpha value is -2.94. The number of unbranched alkanes of at least 4 members (excludes halogenated alkanes) is 4. The second-order valence-electron chi connectivity index (χ2n) is 10.4. The van der Waals surface area contributed by atoms with Crippen LogP contribution in [0, 0.1) is 5.92 Å². The first-order valence-corrected chi connectivity index (χ1v) is 14.1. The fourth-order valence-corrected chi connectivity index (χ4v) is 3.87. The molecule has 0 amide bonds. The Bertz CT molecular complexity index is 930. The standard InChI is InChI=1S/C30H47NO8/c1-6-8-10-12-27(33)38-24-16-15-23(20-25(24)39-28(34)13-11-9-7-2)21-30(31,29(35)36-5)18-19-37-26(32)17-14-22(3)4/h15-16,20,22H,6-14,17-19,21,31H2,1-5H3/t30-/m1/s1. The topological polar surface area (TPSA) is 131 Å². The third-order valence-electron chi connectivity index (χ3n) is 6.27. The maximum Gasteiger partial charge on any atom is 0.326 e. The van der Waals surface area contributed by atoms with Crippen LogP contribution in [0.3, 0.4) is 0 Å². The van der Waals surface area contributed by atoms with Crippen molar-refractivity contribution in [2.75, 3.05) is 13.7 Å². The van der Waals surface area contributed by atoms with E-state index in [-0.39, 0.29) is 49.8 Å². The molecule has 1 aromatic rings. The Labute approximate surface area is 233 Å². The molecule has 0 spiro atoms. The molecule has 39 heavy (non-hydrogen) atoms. The number of nitrogens with two attached hydrogens (primary N) is 1. The summed E-state index contributed by atoms with van der Waals surface area (Å²) in [6.45, 7) is 8.08. The summed E-state index contributed by atoms with van der Waals surface area (Å²) >= 11 is 0. The Kier molecular flexibility index (Phi) is 16.1. The monoisotopic (exact) mass is 549 g/mol. The van der Waals surface area contributed by atoms with Gasteiger partial charge in [-0.1, -0.05) is 59.4 Å². The first-order chi connectivity index (χ1) is 18.5. The van der Waals surface area contributed by atoms with Crippen LogP contribution in [0.25, 0.3) is 0 Å². The van der Waals surface area contributed by atoms with Crippen molar-refractivity contribution in [3.8, 4) is 11.5 Å². The van der Waals surface area contributed by atoms with E-state index >= 15 is 0 Å². The zero-order valence-corrected chi connectivity index (χ0v) is 24.3. The van der Waals surface area contributed by atoms with E-state index in [2.05, 4.69) is 0 Å². The minimum absolute atomic E-state index is 0.0222. The van der Waals surface area contributed by atoms with Gasteiger partial charge in [0.05, 0.1) is 13.7 Å². The lowest BCUT2D eigenvalue weighted by Crippen LogP contribution is -2.51. The fraction of sp³-hybridized carbons (Fsp3) is 0.667. The van der Waals surface area contributed by atoms with Crippen LogP contribution in [-0.4, -0.2) is 43.1 Å². The van der Waals surface area contributed by atoms with Gasteiger partial charge in [-0.25, -0.2) is 0 Å². The zero-order valence-electron chi connectivity index (χ0n) is 24.3. The molecule has 1 rings (SSSR count). The minimum atomic E-state index is -1.49. The van der Waals surface area contributed by atoms with Gasteiger partial charge in [0.15, 0.2) is 11.5 Å². The van der Waals surface area contributed by atoms with E-state index in [1.807, 2.05) is 27.7 Å². The van der Waals surface area contributed by atoms with Gasteiger partial charge in [-0.3, -0.25) is 19.2 Å². The maximum absolute atomic E-state index is 12.6. The van der Waals surface area contributed by atoms with Gasteiger partial charge in [-0.2, -0.15) is 0 Å². The van der Waals surface area contributed by atoms with Crippen molar-refractivity contribution < 1.29 is 38.1 Å². The Balaban J connectivity index is 3.07. The highest BCUT2D eigenvalue weighted by Crippen LogP contribution is 2.31. The largest absolute Gasteiger partial charge is 0.468 e. The van der Waals surface area contributed by atoms with Crippen LogP contribution in [0.15, 0.2) is 18.2 Å². The molecule has 0 bridgehead atoms. The van der Waals surface area contributed by atoms with Gasteiger partial charge < -0.3 is 24.7 Å². The normalized spacial score (nSPS) is 12.5. The van der Waals surface area contributed by atoms with Gasteiger partial charge in [0, 0.05) is 32.1 Å². The van der Waals surface area contributed by atoms with Gasteiger partial charge in [0.2, 0.25) is 0 Å². The van der Waals surface area contributed by atoms with Gasteiger partial charge in [-0.15, -0.1) is 0 Å². The molecule has 0 radical (unpaired) electrons. The van der Waals surface area contributed by atoms with Gasteiger partial charge >= 0.3 is 23.9 Å². The van der Waals surface area contributed by atoms with Crippen molar-refractivity contribution in [3.05, 3.63) is 23.8 Å². The Morgan fingerprint density at radius 1 is 0.846 bits per heavy atom. The molecule has 0 aliphatic heterocycles. The number of methoxy groups -OCH3 is 1. The third kappa shape index (κ3) is 13.6. The molecule has 0 saturated heterocycles. The highest BCUT2D eigenvalue weighted by molar-refractivity contribution is 5.81. The van der Waals surface area contributed by atoms with Crippen molar-refractivity contribution in [2.45, 2.75) is 110 Å². The Morgan fingerprint density at radius 2 is 1.44 bits per heavy atom. The van der Waals surface area contributed by atoms with E-state index in [0.29, 0.717) is 37.2 Å². The molecule has 220 valence electrons. The van der Waals surface area contributed by atoms with Crippen molar-refractivity contribution in [2.24, 2.45) is 11.7 Å². The average molecular weight is 550 g/mol. The molecule has 0 aliphatic rings. The molecule has 0 unspecified atom stereocenters. The van der Waals surface area contributed by atoms with E-state index < -0.39 is 23.4 Å². The highest BCUT2D eigenvalue weighted by Gasteiger charge is 2.36. The molecule has 0 heterocycles. The first-order valence-electron chi connectivity index (χ1n) is 14.1. The lowest BCUT2D eigenvalue weighted by Gasteiger charge is -2.27. The van der Waals surface area contributed by atoms with Gasteiger partial charge in [-0.05, 0) is 42.9 Å². The summed E-state index contributed by atoms with van der Waals surface area (Å²) in [6.07, 6.45) is 6.67. The van der Waals surface area contributed by atoms with Gasteiger partial charge in [0.25, 0.3) is 0 Å². The van der Waals surface area contributed by atoms with Crippen LogP contribution < -0.4 is 15.2 Å². The van der Waals surface area contributed by atoms with E-state index in [0.717, 1.165) is 25.7 Å². The van der Waals surface area contributed by atoms with Crippen LogP contribution in [0.5, 0.6) is 11.5 Å². The van der Waals surface area contributed by atoms with Crippen LogP contribution in [0.2, 0.25) is 0 Å². The molecule has 9 heteroatoms. The quantitative estimate of drug-likeness (QED) is 0.136. The fourth-order valence-electron chi connectivity index (χ4n) is 3.87. The van der Waals surface area contributed by atoms with Crippen molar-refractivity contribution >= 4 is 23.9 Å². The van der Waals surface area contributed by atoms with E-state index in [1.165, 1.54) is 13.2 Å². The predicted octanol–water partition coefficient (Wildman–Crippen LogP) is 5.44. The van der Waals surface area contributed by atoms with Crippen LogP contribution in [0.4, 0.5) is 0 Å². The number of benzene rings is 1. The number of rotatable bonds is 19. The number of hydrogen-bond donors (Lipinski definition) is 1. The summed E-state index contributed by atoms with van der Waals surface area (Å²) in [5.74, 6) is -1.28.